The number of fused-ring (bicyclic) bond motifs is 1. The van der Waals surface area contributed by atoms with Gasteiger partial charge >= 0.3 is 0 Å². The molecule has 1 atom stereocenters. The van der Waals surface area contributed by atoms with Crippen molar-refractivity contribution in [1.82, 2.24) is 9.47 Å². The number of rotatable bonds is 2. The van der Waals surface area contributed by atoms with E-state index in [1.807, 2.05) is 0 Å². The van der Waals surface area contributed by atoms with Gasteiger partial charge in [0.15, 0.2) is 0 Å². The van der Waals surface area contributed by atoms with Crippen molar-refractivity contribution in [3.8, 4) is 0 Å². The quantitative estimate of drug-likeness (QED) is 0.727. The van der Waals surface area contributed by atoms with Gasteiger partial charge in [0.05, 0.1) is 0 Å². The zero-order valence-corrected chi connectivity index (χ0v) is 9.86. The lowest BCUT2D eigenvalue weighted by atomic mass is 10.1. The van der Waals surface area contributed by atoms with Gasteiger partial charge in [-0.25, -0.2) is 0 Å². The highest BCUT2D eigenvalue weighted by Gasteiger charge is 2.13. The molecule has 1 aromatic heterocycles. The number of aryl methyl sites for hydroxylation is 1. The third kappa shape index (κ3) is 1.65. The Bertz CT molecular complexity index is 468. The van der Waals surface area contributed by atoms with E-state index in [1.165, 1.54) is 16.5 Å². The molecule has 2 heteroatoms. The maximum Gasteiger partial charge on any atom is 0.0481 e. The molecule has 0 N–H and O–H groups in total. The van der Waals surface area contributed by atoms with E-state index in [2.05, 4.69) is 68.0 Å². The molecular weight excluding hydrogens is 184 g/mol. The summed E-state index contributed by atoms with van der Waals surface area (Å²) in [5.74, 6) is 0. The normalized spacial score (nSPS) is 13.7. The van der Waals surface area contributed by atoms with Crippen LogP contribution in [0.15, 0.2) is 30.5 Å². The second kappa shape index (κ2) is 3.70. The van der Waals surface area contributed by atoms with Crippen molar-refractivity contribution in [2.24, 2.45) is 7.05 Å². The van der Waals surface area contributed by atoms with Gasteiger partial charge in [-0.05, 0) is 32.6 Å². The van der Waals surface area contributed by atoms with Gasteiger partial charge in [-0.1, -0.05) is 18.2 Å². The number of aromatic nitrogens is 1. The van der Waals surface area contributed by atoms with E-state index in [0.29, 0.717) is 6.04 Å². The molecule has 0 saturated heterocycles. The number of hydrogen-bond acceptors (Lipinski definition) is 1. The fraction of sp³-hybridized carbons (Fsp3) is 0.385. The molecule has 0 aliphatic rings. The Hall–Kier alpha value is -1.28. The van der Waals surface area contributed by atoms with E-state index in [1.54, 1.807) is 0 Å². The van der Waals surface area contributed by atoms with Crippen LogP contribution in [0.3, 0.4) is 0 Å². The summed E-state index contributed by atoms with van der Waals surface area (Å²) in [6, 6.07) is 9.02. The zero-order chi connectivity index (χ0) is 11.0. The first-order valence-corrected chi connectivity index (χ1v) is 5.31. The van der Waals surface area contributed by atoms with Crippen molar-refractivity contribution in [3.63, 3.8) is 0 Å². The minimum atomic E-state index is 0.455. The number of benzene rings is 1. The molecule has 2 aromatic rings. The summed E-state index contributed by atoms with van der Waals surface area (Å²) in [6.45, 7) is 2.24. The highest BCUT2D eigenvalue weighted by Crippen LogP contribution is 2.27. The summed E-state index contributed by atoms with van der Waals surface area (Å²) in [5.41, 5.74) is 2.71. The lowest BCUT2D eigenvalue weighted by Gasteiger charge is -2.19. The van der Waals surface area contributed by atoms with E-state index in [4.69, 9.17) is 0 Å². The lowest BCUT2D eigenvalue weighted by molar-refractivity contribution is 0.322. The van der Waals surface area contributed by atoms with Crippen LogP contribution in [-0.4, -0.2) is 23.6 Å². The van der Waals surface area contributed by atoms with Crippen molar-refractivity contribution in [2.45, 2.75) is 13.0 Å². The Morgan fingerprint density at radius 1 is 1.20 bits per heavy atom. The average molecular weight is 202 g/mol. The number of para-hydroxylation sites is 1. The van der Waals surface area contributed by atoms with Crippen LogP contribution >= 0.6 is 0 Å². The van der Waals surface area contributed by atoms with Crippen LogP contribution in [0.2, 0.25) is 0 Å². The van der Waals surface area contributed by atoms with Crippen LogP contribution in [0, 0.1) is 0 Å². The summed E-state index contributed by atoms with van der Waals surface area (Å²) in [6.07, 6.45) is 2.23. The van der Waals surface area contributed by atoms with Crippen molar-refractivity contribution in [2.75, 3.05) is 14.1 Å². The molecule has 0 bridgehead atoms. The van der Waals surface area contributed by atoms with Gasteiger partial charge in [0.1, 0.15) is 0 Å². The molecule has 0 aliphatic heterocycles. The summed E-state index contributed by atoms with van der Waals surface area (Å²) >= 11 is 0. The second-order valence-electron chi connectivity index (χ2n) is 4.35. The first kappa shape index (κ1) is 10.2. The summed E-state index contributed by atoms with van der Waals surface area (Å²) < 4.78 is 2.20. The lowest BCUT2D eigenvalue weighted by Crippen LogP contribution is -2.16. The molecular formula is C13H18N2. The topological polar surface area (TPSA) is 8.17 Å². The molecule has 0 aliphatic carbocycles. The highest BCUT2D eigenvalue weighted by atomic mass is 15.1. The standard InChI is InChI=1S/C13H18N2/c1-10(14(2)3)12-9-15(4)13-8-6-5-7-11(12)13/h5-10H,1-4H3. The fourth-order valence-electron chi connectivity index (χ4n) is 1.98. The Labute approximate surface area is 91.1 Å². The van der Waals surface area contributed by atoms with Gasteiger partial charge in [0.25, 0.3) is 0 Å². The molecule has 0 spiro atoms. The first-order chi connectivity index (χ1) is 7.11. The van der Waals surface area contributed by atoms with Crippen LogP contribution in [-0.2, 0) is 7.05 Å². The van der Waals surface area contributed by atoms with Gasteiger partial charge in [0.2, 0.25) is 0 Å². The maximum atomic E-state index is 2.24. The van der Waals surface area contributed by atoms with Gasteiger partial charge < -0.3 is 9.47 Å². The van der Waals surface area contributed by atoms with Crippen LogP contribution in [0.5, 0.6) is 0 Å². The second-order valence-corrected chi connectivity index (χ2v) is 4.35. The minimum Gasteiger partial charge on any atom is -0.350 e. The van der Waals surface area contributed by atoms with Crippen molar-refractivity contribution >= 4 is 10.9 Å². The predicted octanol–water partition coefficient (Wildman–Crippen LogP) is 2.80. The average Bonchev–Trinajstić information content (AvgIpc) is 2.56. The largest absolute Gasteiger partial charge is 0.350 e. The molecule has 0 saturated carbocycles. The molecule has 1 aromatic carbocycles. The van der Waals surface area contributed by atoms with Crippen LogP contribution < -0.4 is 0 Å². The third-order valence-electron chi connectivity index (χ3n) is 3.15. The molecule has 0 amide bonds. The van der Waals surface area contributed by atoms with Crippen LogP contribution in [0.4, 0.5) is 0 Å². The fourth-order valence-corrected chi connectivity index (χ4v) is 1.98. The van der Waals surface area contributed by atoms with E-state index >= 15 is 0 Å². The molecule has 1 heterocycles. The van der Waals surface area contributed by atoms with Gasteiger partial charge in [0, 0.05) is 30.2 Å². The number of hydrogen-bond donors (Lipinski definition) is 0. The zero-order valence-electron chi connectivity index (χ0n) is 9.86. The van der Waals surface area contributed by atoms with E-state index in [9.17, 15) is 0 Å². The molecule has 80 valence electrons. The molecule has 0 radical (unpaired) electrons. The van der Waals surface area contributed by atoms with Crippen LogP contribution in [0.25, 0.3) is 10.9 Å². The molecule has 1 unspecified atom stereocenters. The van der Waals surface area contributed by atoms with E-state index in [-0.39, 0.29) is 0 Å². The first-order valence-electron chi connectivity index (χ1n) is 5.31. The smallest absolute Gasteiger partial charge is 0.0481 e. The minimum absolute atomic E-state index is 0.455. The third-order valence-corrected chi connectivity index (χ3v) is 3.15. The van der Waals surface area contributed by atoms with Crippen molar-refractivity contribution in [1.29, 1.82) is 0 Å². The Morgan fingerprint density at radius 2 is 1.87 bits per heavy atom. The SMILES string of the molecule is CC(c1cn(C)c2ccccc12)N(C)C. The van der Waals surface area contributed by atoms with Gasteiger partial charge in [-0.2, -0.15) is 0 Å². The van der Waals surface area contributed by atoms with Gasteiger partial charge in [-0.3, -0.25) is 0 Å². The van der Waals surface area contributed by atoms with Crippen LogP contribution in [0.1, 0.15) is 18.5 Å². The maximum absolute atomic E-state index is 2.24. The Morgan fingerprint density at radius 3 is 2.53 bits per heavy atom. The Kier molecular flexibility index (Phi) is 2.53. The summed E-state index contributed by atoms with van der Waals surface area (Å²) in [4.78, 5) is 2.24. The van der Waals surface area contributed by atoms with Crippen molar-refractivity contribution in [3.05, 3.63) is 36.0 Å². The van der Waals surface area contributed by atoms with E-state index in [0.717, 1.165) is 0 Å². The summed E-state index contributed by atoms with van der Waals surface area (Å²) in [5, 5.41) is 1.36. The Balaban J connectivity index is 2.62. The predicted molar refractivity (Wildman–Crippen MR) is 65.0 cm³/mol. The number of nitrogens with zero attached hydrogens (tertiary/aromatic N) is 2. The molecule has 15 heavy (non-hydrogen) atoms. The molecule has 0 fully saturated rings. The van der Waals surface area contributed by atoms with Crippen molar-refractivity contribution < 1.29 is 0 Å². The molecule has 2 rings (SSSR count). The van der Waals surface area contributed by atoms with E-state index < -0.39 is 0 Å². The monoisotopic (exact) mass is 202 g/mol. The molecule has 2 nitrogen and oxygen atoms in total. The van der Waals surface area contributed by atoms with Gasteiger partial charge in [-0.15, -0.1) is 0 Å². The highest BCUT2D eigenvalue weighted by molar-refractivity contribution is 5.84. The summed E-state index contributed by atoms with van der Waals surface area (Å²) in [7, 11) is 6.34.